The second kappa shape index (κ2) is 6.59. The van der Waals surface area contributed by atoms with Gasteiger partial charge in [0.25, 0.3) is 0 Å². The molecule has 1 unspecified atom stereocenters. The summed E-state index contributed by atoms with van der Waals surface area (Å²) in [6, 6.07) is 10.0. The van der Waals surface area contributed by atoms with E-state index in [1.54, 1.807) is 0 Å². The van der Waals surface area contributed by atoms with Crippen LogP contribution in [0.15, 0.2) is 30.3 Å². The van der Waals surface area contributed by atoms with E-state index in [9.17, 15) is 4.79 Å². The lowest BCUT2D eigenvalue weighted by atomic mass is 9.86. The molecule has 3 nitrogen and oxygen atoms in total. The maximum atomic E-state index is 12.4. The molecule has 0 spiro atoms. The fraction of sp³-hybridized carbons (Fsp3) is 0.562. The number of hydrogen-bond donors (Lipinski definition) is 1. The first-order chi connectivity index (χ1) is 8.89. The molecule has 2 rings (SSSR count). The number of amides is 1. The number of nitrogens with zero attached hydrogens (tertiary/aromatic N) is 1. The zero-order valence-corrected chi connectivity index (χ0v) is 13.3. The van der Waals surface area contributed by atoms with Crippen molar-refractivity contribution in [1.29, 1.82) is 0 Å². The zero-order chi connectivity index (χ0) is 14.0. The normalized spacial score (nSPS) is 20.4. The number of benzene rings is 1. The van der Waals surface area contributed by atoms with Gasteiger partial charge in [0.1, 0.15) is 0 Å². The van der Waals surface area contributed by atoms with Crippen LogP contribution in [0.2, 0.25) is 0 Å². The fourth-order valence-corrected chi connectivity index (χ4v) is 2.52. The number of nitrogens with two attached hydrogens (primary N) is 1. The van der Waals surface area contributed by atoms with E-state index in [0.717, 1.165) is 19.5 Å². The highest BCUT2D eigenvalue weighted by atomic mass is 35.5. The van der Waals surface area contributed by atoms with Crippen molar-refractivity contribution in [2.75, 3.05) is 13.1 Å². The molecule has 0 bridgehead atoms. The predicted molar refractivity (Wildman–Crippen MR) is 85.1 cm³/mol. The molecule has 1 heterocycles. The summed E-state index contributed by atoms with van der Waals surface area (Å²) in [6.45, 7) is 7.66. The van der Waals surface area contributed by atoms with Gasteiger partial charge in [0.2, 0.25) is 5.91 Å². The van der Waals surface area contributed by atoms with Crippen molar-refractivity contribution in [2.45, 2.75) is 39.2 Å². The van der Waals surface area contributed by atoms with Gasteiger partial charge < -0.3 is 10.6 Å². The maximum Gasteiger partial charge on any atom is 0.240 e. The van der Waals surface area contributed by atoms with E-state index in [1.165, 1.54) is 5.56 Å². The van der Waals surface area contributed by atoms with E-state index >= 15 is 0 Å². The molecule has 0 saturated carbocycles. The van der Waals surface area contributed by atoms with Crippen molar-refractivity contribution in [3.05, 3.63) is 35.9 Å². The highest BCUT2D eigenvalue weighted by Crippen LogP contribution is 2.29. The molecule has 1 fully saturated rings. The smallest absolute Gasteiger partial charge is 0.240 e. The third-order valence-electron chi connectivity index (χ3n) is 3.97. The van der Waals surface area contributed by atoms with E-state index in [4.69, 9.17) is 5.73 Å². The largest absolute Gasteiger partial charge is 0.341 e. The minimum absolute atomic E-state index is 0. The molecule has 2 atom stereocenters. The molecule has 0 aliphatic carbocycles. The van der Waals surface area contributed by atoms with Gasteiger partial charge in [0.15, 0.2) is 0 Å². The minimum atomic E-state index is -0.415. The summed E-state index contributed by atoms with van der Waals surface area (Å²) in [5.41, 5.74) is 7.21. The van der Waals surface area contributed by atoms with Crippen LogP contribution in [0.5, 0.6) is 0 Å². The van der Waals surface area contributed by atoms with E-state index in [1.807, 2.05) is 31.7 Å². The highest BCUT2D eigenvalue weighted by molar-refractivity contribution is 5.85. The summed E-state index contributed by atoms with van der Waals surface area (Å²) in [5, 5.41) is 0. The first-order valence-electron chi connectivity index (χ1n) is 6.99. The SMILES string of the molecule is CC(C)(C)[C@H](N)C(=O)N1CCC(c2ccccc2)C1.Cl. The molecule has 20 heavy (non-hydrogen) atoms. The number of halogens is 1. The Bertz CT molecular complexity index is 442. The molecule has 1 aliphatic rings. The Morgan fingerprint density at radius 3 is 2.45 bits per heavy atom. The van der Waals surface area contributed by atoms with Crippen LogP contribution in [0.4, 0.5) is 0 Å². The summed E-state index contributed by atoms with van der Waals surface area (Å²) in [6.07, 6.45) is 1.03. The van der Waals surface area contributed by atoms with Crippen LogP contribution < -0.4 is 5.73 Å². The lowest BCUT2D eigenvalue weighted by molar-refractivity contribution is -0.133. The van der Waals surface area contributed by atoms with Crippen LogP contribution in [0.25, 0.3) is 0 Å². The fourth-order valence-electron chi connectivity index (χ4n) is 2.52. The van der Waals surface area contributed by atoms with Crippen molar-refractivity contribution in [1.82, 2.24) is 4.90 Å². The van der Waals surface area contributed by atoms with Crippen LogP contribution in [0, 0.1) is 5.41 Å². The van der Waals surface area contributed by atoms with Crippen LogP contribution >= 0.6 is 12.4 Å². The lowest BCUT2D eigenvalue weighted by Gasteiger charge is -2.30. The molecule has 0 aromatic heterocycles. The van der Waals surface area contributed by atoms with Gasteiger partial charge in [-0.05, 0) is 17.4 Å². The summed E-state index contributed by atoms with van der Waals surface area (Å²) < 4.78 is 0. The van der Waals surface area contributed by atoms with E-state index in [-0.39, 0.29) is 23.7 Å². The van der Waals surface area contributed by atoms with Gasteiger partial charge >= 0.3 is 0 Å². The van der Waals surface area contributed by atoms with Gasteiger partial charge in [-0.15, -0.1) is 12.4 Å². The van der Waals surface area contributed by atoms with E-state index < -0.39 is 6.04 Å². The molecule has 1 aromatic rings. The molecule has 1 aliphatic heterocycles. The number of hydrogen-bond acceptors (Lipinski definition) is 2. The molecule has 1 amide bonds. The van der Waals surface area contributed by atoms with Crippen molar-refractivity contribution in [3.8, 4) is 0 Å². The summed E-state index contributed by atoms with van der Waals surface area (Å²) in [4.78, 5) is 14.3. The Balaban J connectivity index is 0.00000200. The Kier molecular flexibility index (Phi) is 5.60. The molecule has 1 saturated heterocycles. The molecular weight excluding hydrogens is 272 g/mol. The van der Waals surface area contributed by atoms with Crippen LogP contribution in [-0.4, -0.2) is 29.9 Å². The summed E-state index contributed by atoms with van der Waals surface area (Å²) in [5.74, 6) is 0.545. The van der Waals surface area contributed by atoms with Crippen LogP contribution in [0.3, 0.4) is 0 Å². The quantitative estimate of drug-likeness (QED) is 0.912. The topological polar surface area (TPSA) is 46.3 Å². The van der Waals surface area contributed by atoms with Gasteiger partial charge in [0.05, 0.1) is 6.04 Å². The number of likely N-dealkylation sites (tertiary alicyclic amines) is 1. The molecule has 112 valence electrons. The predicted octanol–water partition coefficient (Wildman–Crippen LogP) is 2.80. The summed E-state index contributed by atoms with van der Waals surface area (Å²) in [7, 11) is 0. The van der Waals surface area contributed by atoms with Crippen molar-refractivity contribution in [2.24, 2.45) is 11.1 Å². The Hall–Kier alpha value is -1.06. The van der Waals surface area contributed by atoms with Crippen LogP contribution in [0.1, 0.15) is 38.7 Å². The van der Waals surface area contributed by atoms with Crippen molar-refractivity contribution >= 4 is 18.3 Å². The third-order valence-corrected chi connectivity index (χ3v) is 3.97. The minimum Gasteiger partial charge on any atom is -0.341 e. The van der Waals surface area contributed by atoms with E-state index in [2.05, 4.69) is 24.3 Å². The molecule has 1 aromatic carbocycles. The van der Waals surface area contributed by atoms with Crippen molar-refractivity contribution < 1.29 is 4.79 Å². The molecule has 4 heteroatoms. The van der Waals surface area contributed by atoms with Gasteiger partial charge in [-0.1, -0.05) is 51.1 Å². The Morgan fingerprint density at radius 1 is 1.30 bits per heavy atom. The maximum absolute atomic E-state index is 12.4. The zero-order valence-electron chi connectivity index (χ0n) is 12.5. The number of carbonyl (C=O) groups excluding carboxylic acids is 1. The standard InChI is InChI=1S/C16H24N2O.ClH/c1-16(2,3)14(17)15(19)18-10-9-13(11-18)12-7-5-4-6-8-12;/h4-8,13-14H,9-11,17H2,1-3H3;1H/t13?,14-;/m1./s1. The first-order valence-corrected chi connectivity index (χ1v) is 6.99. The second-order valence-electron chi connectivity index (χ2n) is 6.52. The Labute approximate surface area is 127 Å². The van der Waals surface area contributed by atoms with Crippen molar-refractivity contribution in [3.63, 3.8) is 0 Å². The van der Waals surface area contributed by atoms with Gasteiger partial charge in [-0.3, -0.25) is 4.79 Å². The third kappa shape index (κ3) is 3.74. The average molecular weight is 297 g/mol. The van der Waals surface area contributed by atoms with Gasteiger partial charge in [0, 0.05) is 19.0 Å². The van der Waals surface area contributed by atoms with Crippen LogP contribution in [-0.2, 0) is 4.79 Å². The Morgan fingerprint density at radius 2 is 1.90 bits per heavy atom. The van der Waals surface area contributed by atoms with Gasteiger partial charge in [-0.25, -0.2) is 0 Å². The lowest BCUT2D eigenvalue weighted by Crippen LogP contribution is -2.49. The first kappa shape index (κ1) is 17.0. The molecule has 2 N–H and O–H groups in total. The monoisotopic (exact) mass is 296 g/mol. The summed E-state index contributed by atoms with van der Waals surface area (Å²) >= 11 is 0. The van der Waals surface area contributed by atoms with E-state index in [0.29, 0.717) is 5.92 Å². The average Bonchev–Trinajstić information content (AvgIpc) is 2.86. The van der Waals surface area contributed by atoms with Gasteiger partial charge in [-0.2, -0.15) is 0 Å². The second-order valence-corrected chi connectivity index (χ2v) is 6.52. The molecule has 0 radical (unpaired) electrons. The highest BCUT2D eigenvalue weighted by Gasteiger charge is 2.34. The number of carbonyl (C=O) groups is 1. The number of rotatable bonds is 2. The molecular formula is C16H25ClN2O.